The van der Waals surface area contributed by atoms with E-state index >= 15 is 0 Å². The van der Waals surface area contributed by atoms with Crippen LogP contribution >= 0.6 is 0 Å². The van der Waals surface area contributed by atoms with Crippen LogP contribution in [0.3, 0.4) is 0 Å². The van der Waals surface area contributed by atoms with E-state index in [1.165, 1.54) is 32.1 Å². The van der Waals surface area contributed by atoms with Crippen LogP contribution in [0.5, 0.6) is 0 Å². The molecule has 1 aliphatic rings. The van der Waals surface area contributed by atoms with Crippen LogP contribution in [0.2, 0.25) is 0 Å². The minimum absolute atomic E-state index is 0.477. The van der Waals surface area contributed by atoms with Crippen LogP contribution < -0.4 is 0 Å². The largest absolute Gasteiger partial charge is 0.481 e. The van der Waals surface area contributed by atoms with Gasteiger partial charge in [0, 0.05) is 0 Å². The first-order valence-electron chi connectivity index (χ1n) is 10.2. The standard InChI is InChI=1S/C21H38O4/c1-17(2)13-9-7-5-4-6-8-10-15-21(19(24)25)16-12-11-14-20(21,3)18(22)23/h17H,4-16H2,1-3H3,(H,22,23)(H,24,25). The van der Waals surface area contributed by atoms with Gasteiger partial charge in [0.05, 0.1) is 10.8 Å². The van der Waals surface area contributed by atoms with Gasteiger partial charge in [-0.05, 0) is 32.1 Å². The maximum Gasteiger partial charge on any atom is 0.310 e. The molecule has 0 saturated heterocycles. The Labute approximate surface area is 153 Å². The number of rotatable bonds is 12. The van der Waals surface area contributed by atoms with Gasteiger partial charge in [0.25, 0.3) is 0 Å². The van der Waals surface area contributed by atoms with Crippen molar-refractivity contribution in [2.75, 3.05) is 0 Å². The molecule has 146 valence electrons. The first-order valence-corrected chi connectivity index (χ1v) is 10.2. The molecule has 0 amide bonds. The molecule has 4 heteroatoms. The Kier molecular flexibility index (Phi) is 8.95. The zero-order chi connectivity index (χ0) is 18.9. The summed E-state index contributed by atoms with van der Waals surface area (Å²) >= 11 is 0. The Balaban J connectivity index is 2.41. The van der Waals surface area contributed by atoms with Gasteiger partial charge in [-0.15, -0.1) is 0 Å². The van der Waals surface area contributed by atoms with Crippen molar-refractivity contribution >= 4 is 11.9 Å². The van der Waals surface area contributed by atoms with E-state index in [1.54, 1.807) is 6.92 Å². The molecular formula is C21H38O4. The summed E-state index contributed by atoms with van der Waals surface area (Å²) in [5.74, 6) is -1.07. The molecule has 1 aliphatic carbocycles. The Hall–Kier alpha value is -1.06. The predicted octanol–water partition coefficient (Wildman–Crippen LogP) is 5.89. The number of hydrogen-bond acceptors (Lipinski definition) is 2. The second kappa shape index (κ2) is 10.2. The van der Waals surface area contributed by atoms with Gasteiger partial charge in [-0.1, -0.05) is 78.1 Å². The van der Waals surface area contributed by atoms with E-state index in [0.717, 1.165) is 38.0 Å². The molecule has 0 spiro atoms. The average molecular weight is 355 g/mol. The fourth-order valence-corrected chi connectivity index (χ4v) is 4.45. The van der Waals surface area contributed by atoms with Crippen molar-refractivity contribution in [3.05, 3.63) is 0 Å². The zero-order valence-corrected chi connectivity index (χ0v) is 16.5. The molecule has 2 unspecified atom stereocenters. The van der Waals surface area contributed by atoms with E-state index in [9.17, 15) is 19.8 Å². The summed E-state index contributed by atoms with van der Waals surface area (Å²) in [6, 6.07) is 0. The lowest BCUT2D eigenvalue weighted by Crippen LogP contribution is -2.52. The monoisotopic (exact) mass is 354 g/mol. The third-order valence-corrected chi connectivity index (χ3v) is 6.35. The number of carboxylic acids is 2. The van der Waals surface area contributed by atoms with Gasteiger partial charge in [0.2, 0.25) is 0 Å². The van der Waals surface area contributed by atoms with Crippen molar-refractivity contribution in [3.8, 4) is 0 Å². The molecule has 25 heavy (non-hydrogen) atoms. The number of carbonyl (C=O) groups is 2. The zero-order valence-electron chi connectivity index (χ0n) is 16.5. The molecular weight excluding hydrogens is 316 g/mol. The highest BCUT2D eigenvalue weighted by Gasteiger charge is 2.58. The molecule has 0 heterocycles. The van der Waals surface area contributed by atoms with Gasteiger partial charge in [-0.2, -0.15) is 0 Å². The molecule has 4 nitrogen and oxygen atoms in total. The number of carboxylic acid groups (broad SMARTS) is 2. The van der Waals surface area contributed by atoms with Crippen molar-refractivity contribution < 1.29 is 19.8 Å². The second-order valence-corrected chi connectivity index (χ2v) is 8.64. The maximum atomic E-state index is 12.0. The molecule has 2 atom stereocenters. The molecule has 2 N–H and O–H groups in total. The Morgan fingerprint density at radius 3 is 1.88 bits per heavy atom. The molecule has 1 rings (SSSR count). The third kappa shape index (κ3) is 5.72. The second-order valence-electron chi connectivity index (χ2n) is 8.64. The van der Waals surface area contributed by atoms with Gasteiger partial charge >= 0.3 is 11.9 Å². The minimum atomic E-state index is -1.13. The quantitative estimate of drug-likeness (QED) is 0.429. The van der Waals surface area contributed by atoms with Gasteiger partial charge in [-0.3, -0.25) is 9.59 Å². The molecule has 1 fully saturated rings. The first-order chi connectivity index (χ1) is 11.8. The smallest absolute Gasteiger partial charge is 0.310 e. The van der Waals surface area contributed by atoms with Crippen molar-refractivity contribution in [2.24, 2.45) is 16.7 Å². The van der Waals surface area contributed by atoms with E-state index in [-0.39, 0.29) is 0 Å². The van der Waals surface area contributed by atoms with E-state index in [1.807, 2.05) is 0 Å². The summed E-state index contributed by atoms with van der Waals surface area (Å²) in [7, 11) is 0. The molecule has 0 aromatic carbocycles. The van der Waals surface area contributed by atoms with Crippen LogP contribution in [0.1, 0.15) is 104 Å². The van der Waals surface area contributed by atoms with E-state index in [4.69, 9.17) is 0 Å². The van der Waals surface area contributed by atoms with Gasteiger partial charge in [0.1, 0.15) is 0 Å². The van der Waals surface area contributed by atoms with Crippen LogP contribution in [-0.4, -0.2) is 22.2 Å². The lowest BCUT2D eigenvalue weighted by atomic mass is 9.55. The SMILES string of the molecule is CC(C)CCCCCCCCCC1(C(=O)O)CCCCC1(C)C(=O)O. The lowest BCUT2D eigenvalue weighted by Gasteiger charge is -2.46. The van der Waals surface area contributed by atoms with Crippen molar-refractivity contribution in [3.63, 3.8) is 0 Å². The van der Waals surface area contributed by atoms with Crippen LogP contribution in [0.25, 0.3) is 0 Å². The highest BCUT2D eigenvalue weighted by molar-refractivity contribution is 5.86. The third-order valence-electron chi connectivity index (χ3n) is 6.35. The summed E-state index contributed by atoms with van der Waals surface area (Å²) in [5.41, 5.74) is -2.22. The Morgan fingerprint density at radius 1 is 0.840 bits per heavy atom. The van der Waals surface area contributed by atoms with Crippen molar-refractivity contribution in [1.82, 2.24) is 0 Å². The predicted molar refractivity (Wildman–Crippen MR) is 101 cm³/mol. The molecule has 1 saturated carbocycles. The van der Waals surface area contributed by atoms with Gasteiger partial charge in [-0.25, -0.2) is 0 Å². The summed E-state index contributed by atoms with van der Waals surface area (Å²) in [6.07, 6.45) is 12.4. The van der Waals surface area contributed by atoms with E-state index < -0.39 is 22.8 Å². The van der Waals surface area contributed by atoms with Crippen LogP contribution in [0.15, 0.2) is 0 Å². The normalized spacial score (nSPS) is 26.7. The highest BCUT2D eigenvalue weighted by atomic mass is 16.4. The van der Waals surface area contributed by atoms with Crippen LogP contribution in [0, 0.1) is 16.7 Å². The van der Waals surface area contributed by atoms with E-state index in [2.05, 4.69) is 13.8 Å². The highest BCUT2D eigenvalue weighted by Crippen LogP contribution is 2.54. The molecule has 0 aliphatic heterocycles. The van der Waals surface area contributed by atoms with Gasteiger partial charge < -0.3 is 10.2 Å². The lowest BCUT2D eigenvalue weighted by molar-refractivity contribution is -0.179. The number of aliphatic carboxylic acids is 2. The van der Waals surface area contributed by atoms with Gasteiger partial charge in [0.15, 0.2) is 0 Å². The summed E-state index contributed by atoms with van der Waals surface area (Å²) in [5, 5.41) is 19.5. The molecule has 0 aromatic rings. The Morgan fingerprint density at radius 2 is 1.36 bits per heavy atom. The molecule has 0 bridgehead atoms. The number of unbranched alkanes of at least 4 members (excludes halogenated alkanes) is 6. The summed E-state index contributed by atoms with van der Waals surface area (Å²) < 4.78 is 0. The fraction of sp³-hybridized carbons (Fsp3) is 0.905. The average Bonchev–Trinajstić information content (AvgIpc) is 2.54. The Bertz CT molecular complexity index is 432. The minimum Gasteiger partial charge on any atom is -0.481 e. The summed E-state index contributed by atoms with van der Waals surface area (Å²) in [4.78, 5) is 23.8. The maximum absolute atomic E-state index is 12.0. The molecule has 0 aromatic heterocycles. The first kappa shape index (κ1) is 22.0. The topological polar surface area (TPSA) is 74.6 Å². The van der Waals surface area contributed by atoms with Crippen molar-refractivity contribution in [2.45, 2.75) is 104 Å². The van der Waals surface area contributed by atoms with E-state index in [0.29, 0.717) is 19.3 Å². The van der Waals surface area contributed by atoms with Crippen molar-refractivity contribution in [1.29, 1.82) is 0 Å². The molecule has 0 radical (unpaired) electrons. The van der Waals surface area contributed by atoms with Crippen LogP contribution in [-0.2, 0) is 9.59 Å². The summed E-state index contributed by atoms with van der Waals surface area (Å²) in [6.45, 7) is 6.17. The fourth-order valence-electron chi connectivity index (χ4n) is 4.45. The van der Waals surface area contributed by atoms with Crippen LogP contribution in [0.4, 0.5) is 0 Å². The number of hydrogen-bond donors (Lipinski definition) is 2.